The zero-order chi connectivity index (χ0) is 15.7. The number of rotatable bonds is 8. The molecule has 0 aliphatic carbocycles. The Kier molecular flexibility index (Phi) is 7.83. The van der Waals surface area contributed by atoms with E-state index in [1.165, 1.54) is 12.0 Å². The third-order valence-electron chi connectivity index (χ3n) is 3.62. The molecule has 1 rings (SSSR count). The van der Waals surface area contributed by atoms with Crippen LogP contribution in [0.4, 0.5) is 10.5 Å². The van der Waals surface area contributed by atoms with Gasteiger partial charge in [0.25, 0.3) is 0 Å². The molecule has 1 aromatic carbocycles. The highest BCUT2D eigenvalue weighted by Gasteiger charge is 2.09. The molecule has 21 heavy (non-hydrogen) atoms. The molecule has 1 atom stereocenters. The first-order valence-corrected chi connectivity index (χ1v) is 7.94. The minimum absolute atomic E-state index is 0.0430. The summed E-state index contributed by atoms with van der Waals surface area (Å²) in [4.78, 5) is 13.8. The highest BCUT2D eigenvalue weighted by molar-refractivity contribution is 5.89. The molecular weight excluding hydrogens is 262 g/mol. The molecule has 0 saturated heterocycles. The predicted molar refractivity (Wildman–Crippen MR) is 89.7 cm³/mol. The monoisotopic (exact) mass is 291 g/mol. The van der Waals surface area contributed by atoms with Gasteiger partial charge in [-0.15, -0.1) is 0 Å². The summed E-state index contributed by atoms with van der Waals surface area (Å²) in [5, 5.41) is 6.31. The Labute approximate surface area is 128 Å². The number of hydrogen-bond donors (Lipinski definition) is 2. The molecule has 0 bridgehead atoms. The Bertz CT molecular complexity index is 417. The van der Waals surface area contributed by atoms with Crippen LogP contribution in [0.5, 0.6) is 0 Å². The smallest absolute Gasteiger partial charge is 0.321 e. The van der Waals surface area contributed by atoms with Crippen LogP contribution in [0.3, 0.4) is 0 Å². The van der Waals surface area contributed by atoms with Gasteiger partial charge in [0.1, 0.15) is 0 Å². The summed E-state index contributed by atoms with van der Waals surface area (Å²) in [6.07, 6.45) is 3.38. The van der Waals surface area contributed by atoms with Crippen molar-refractivity contribution in [3.8, 4) is 0 Å². The lowest BCUT2D eigenvalue weighted by molar-refractivity contribution is 0.221. The van der Waals surface area contributed by atoms with Crippen molar-refractivity contribution < 1.29 is 4.79 Å². The molecule has 0 aliphatic rings. The van der Waals surface area contributed by atoms with E-state index in [1.807, 2.05) is 19.2 Å². The first kappa shape index (κ1) is 17.5. The van der Waals surface area contributed by atoms with E-state index < -0.39 is 0 Å². The molecule has 2 N–H and O–H groups in total. The Morgan fingerprint density at radius 3 is 2.43 bits per heavy atom. The van der Waals surface area contributed by atoms with Crippen LogP contribution in [0.15, 0.2) is 24.3 Å². The quantitative estimate of drug-likeness (QED) is 0.711. The standard InChI is InChI=1S/C17H29N3O/c1-5-7-8-13-20(4)17(21)19-16-11-9-15(10-12-16)14(3)18-6-2/h9-12,14,18H,5-8,13H2,1-4H3,(H,19,21). The third-order valence-corrected chi connectivity index (χ3v) is 3.62. The minimum atomic E-state index is -0.0430. The van der Waals surface area contributed by atoms with Crippen LogP contribution < -0.4 is 10.6 Å². The van der Waals surface area contributed by atoms with Crippen molar-refractivity contribution in [2.75, 3.05) is 25.5 Å². The molecule has 1 aromatic rings. The van der Waals surface area contributed by atoms with Gasteiger partial charge >= 0.3 is 6.03 Å². The first-order valence-electron chi connectivity index (χ1n) is 7.94. The van der Waals surface area contributed by atoms with E-state index in [4.69, 9.17) is 0 Å². The summed E-state index contributed by atoms with van der Waals surface area (Å²) in [5.41, 5.74) is 2.07. The summed E-state index contributed by atoms with van der Waals surface area (Å²) < 4.78 is 0. The molecule has 0 aliphatic heterocycles. The summed E-state index contributed by atoms with van der Waals surface area (Å²) in [5.74, 6) is 0. The SMILES string of the molecule is CCCCCN(C)C(=O)Nc1ccc(C(C)NCC)cc1. The summed E-state index contributed by atoms with van der Waals surface area (Å²) in [6, 6.07) is 8.32. The van der Waals surface area contributed by atoms with Gasteiger partial charge < -0.3 is 15.5 Å². The molecule has 0 saturated carbocycles. The van der Waals surface area contributed by atoms with E-state index in [0.717, 1.165) is 31.6 Å². The fourth-order valence-electron chi connectivity index (χ4n) is 2.20. The number of nitrogens with zero attached hydrogens (tertiary/aromatic N) is 1. The lowest BCUT2D eigenvalue weighted by Gasteiger charge is -2.18. The fourth-order valence-corrected chi connectivity index (χ4v) is 2.20. The van der Waals surface area contributed by atoms with Gasteiger partial charge in [0, 0.05) is 25.3 Å². The molecule has 1 unspecified atom stereocenters. The molecule has 4 nitrogen and oxygen atoms in total. The highest BCUT2D eigenvalue weighted by Crippen LogP contribution is 2.16. The van der Waals surface area contributed by atoms with Crippen LogP contribution in [0.25, 0.3) is 0 Å². The van der Waals surface area contributed by atoms with Crippen LogP contribution in [0, 0.1) is 0 Å². The molecule has 0 radical (unpaired) electrons. The van der Waals surface area contributed by atoms with Gasteiger partial charge in [-0.1, -0.05) is 38.8 Å². The molecule has 0 heterocycles. The summed E-state index contributed by atoms with van der Waals surface area (Å²) >= 11 is 0. The number of benzene rings is 1. The summed E-state index contributed by atoms with van der Waals surface area (Å²) in [7, 11) is 1.84. The topological polar surface area (TPSA) is 44.4 Å². The van der Waals surface area contributed by atoms with Crippen molar-refractivity contribution in [2.45, 2.75) is 46.1 Å². The maximum atomic E-state index is 12.0. The van der Waals surface area contributed by atoms with Gasteiger partial charge in [0.05, 0.1) is 0 Å². The van der Waals surface area contributed by atoms with Crippen molar-refractivity contribution in [1.29, 1.82) is 0 Å². The van der Waals surface area contributed by atoms with Crippen LogP contribution in [-0.2, 0) is 0 Å². The van der Waals surface area contributed by atoms with Crippen LogP contribution in [-0.4, -0.2) is 31.1 Å². The van der Waals surface area contributed by atoms with Crippen molar-refractivity contribution in [1.82, 2.24) is 10.2 Å². The molecule has 4 heteroatoms. The number of nitrogens with one attached hydrogen (secondary N) is 2. The molecular formula is C17H29N3O. The van der Waals surface area contributed by atoms with Gasteiger partial charge in [0.15, 0.2) is 0 Å². The Hall–Kier alpha value is -1.55. The van der Waals surface area contributed by atoms with Gasteiger partial charge in [0.2, 0.25) is 0 Å². The van der Waals surface area contributed by atoms with Gasteiger partial charge in [-0.3, -0.25) is 0 Å². The predicted octanol–water partition coefficient (Wildman–Crippen LogP) is 4.01. The largest absolute Gasteiger partial charge is 0.328 e. The number of carbonyl (C=O) groups is 1. The maximum Gasteiger partial charge on any atom is 0.321 e. The van der Waals surface area contributed by atoms with E-state index >= 15 is 0 Å². The van der Waals surface area contributed by atoms with Crippen LogP contribution in [0.1, 0.15) is 51.6 Å². The van der Waals surface area contributed by atoms with Gasteiger partial charge in [-0.05, 0) is 37.6 Å². The Morgan fingerprint density at radius 1 is 1.19 bits per heavy atom. The molecule has 2 amide bonds. The van der Waals surface area contributed by atoms with E-state index in [-0.39, 0.29) is 6.03 Å². The molecule has 118 valence electrons. The van der Waals surface area contributed by atoms with Crippen LogP contribution >= 0.6 is 0 Å². The first-order chi connectivity index (χ1) is 10.1. The van der Waals surface area contributed by atoms with E-state index in [2.05, 4.69) is 43.5 Å². The average molecular weight is 291 g/mol. The van der Waals surface area contributed by atoms with E-state index in [0.29, 0.717) is 6.04 Å². The van der Waals surface area contributed by atoms with Crippen molar-refractivity contribution in [3.05, 3.63) is 29.8 Å². The number of unbranched alkanes of at least 4 members (excludes halogenated alkanes) is 2. The second-order valence-corrected chi connectivity index (χ2v) is 5.46. The lowest BCUT2D eigenvalue weighted by atomic mass is 10.1. The molecule has 0 aromatic heterocycles. The Morgan fingerprint density at radius 2 is 1.86 bits per heavy atom. The van der Waals surface area contributed by atoms with Crippen molar-refractivity contribution in [2.24, 2.45) is 0 Å². The second-order valence-electron chi connectivity index (χ2n) is 5.46. The zero-order valence-corrected chi connectivity index (χ0v) is 13.8. The lowest BCUT2D eigenvalue weighted by Crippen LogP contribution is -2.32. The Balaban J connectivity index is 2.49. The highest BCUT2D eigenvalue weighted by atomic mass is 16.2. The van der Waals surface area contributed by atoms with Crippen LogP contribution in [0.2, 0.25) is 0 Å². The fraction of sp³-hybridized carbons (Fsp3) is 0.588. The van der Waals surface area contributed by atoms with Crippen molar-refractivity contribution in [3.63, 3.8) is 0 Å². The number of amides is 2. The normalized spacial score (nSPS) is 12.0. The number of carbonyl (C=O) groups excluding carboxylic acids is 1. The van der Waals surface area contributed by atoms with Gasteiger partial charge in [-0.25, -0.2) is 4.79 Å². The minimum Gasteiger partial charge on any atom is -0.328 e. The number of urea groups is 1. The van der Waals surface area contributed by atoms with Gasteiger partial charge in [-0.2, -0.15) is 0 Å². The van der Waals surface area contributed by atoms with E-state index in [9.17, 15) is 4.79 Å². The maximum absolute atomic E-state index is 12.0. The average Bonchev–Trinajstić information content (AvgIpc) is 2.48. The molecule has 0 spiro atoms. The summed E-state index contributed by atoms with van der Waals surface area (Å²) in [6.45, 7) is 8.14. The van der Waals surface area contributed by atoms with E-state index in [1.54, 1.807) is 4.90 Å². The van der Waals surface area contributed by atoms with Crippen molar-refractivity contribution >= 4 is 11.7 Å². The zero-order valence-electron chi connectivity index (χ0n) is 13.8. The third kappa shape index (κ3) is 6.17. The second kappa shape index (κ2) is 9.40. The number of hydrogen-bond acceptors (Lipinski definition) is 2. The molecule has 0 fully saturated rings. The number of anilines is 1.